The van der Waals surface area contributed by atoms with Crippen LogP contribution in [0.4, 0.5) is 0 Å². The number of β-amino-alcohol motifs (C(OH)–C–C–N with tert-alkyl or cyclic N) is 1. The minimum absolute atomic E-state index is 0.00802. The van der Waals surface area contributed by atoms with Gasteiger partial charge in [0.1, 0.15) is 5.75 Å². The lowest BCUT2D eigenvalue weighted by Crippen LogP contribution is -2.57. The molecular weight excluding hydrogens is 452 g/mol. The van der Waals surface area contributed by atoms with Gasteiger partial charge in [-0.3, -0.25) is 4.79 Å². The van der Waals surface area contributed by atoms with Gasteiger partial charge in [-0.25, -0.2) is 8.42 Å². The molecule has 3 fully saturated rings. The zero-order chi connectivity index (χ0) is 23.4. The first-order chi connectivity index (χ1) is 15.9. The molecule has 0 radical (unpaired) electrons. The molecule has 0 spiro atoms. The van der Waals surface area contributed by atoms with Gasteiger partial charge in [0.15, 0.2) is 0 Å². The molecule has 3 aliphatic heterocycles. The van der Waals surface area contributed by atoms with Gasteiger partial charge in [-0.15, -0.1) is 0 Å². The molecule has 0 aromatic heterocycles. The lowest BCUT2D eigenvalue weighted by Gasteiger charge is -2.43. The highest BCUT2D eigenvalue weighted by Crippen LogP contribution is 2.32. The van der Waals surface area contributed by atoms with Crippen molar-refractivity contribution in [1.82, 2.24) is 9.21 Å². The normalized spacial score (nSPS) is 29.6. The molecule has 3 heterocycles. The molecule has 3 saturated heterocycles. The fourth-order valence-corrected chi connectivity index (χ4v) is 6.36. The fourth-order valence-electron chi connectivity index (χ4n) is 4.60. The van der Waals surface area contributed by atoms with Crippen LogP contribution in [0, 0.1) is 0 Å². The van der Waals surface area contributed by atoms with Crippen LogP contribution in [0.3, 0.4) is 0 Å². The number of ether oxygens (including phenoxy) is 4. The third kappa shape index (κ3) is 5.67. The number of fused-ring (bicyclic) bond motifs is 1. The summed E-state index contributed by atoms with van der Waals surface area (Å²) in [4.78, 5) is 14.5. The Labute approximate surface area is 194 Å². The molecule has 3 aliphatic rings. The summed E-state index contributed by atoms with van der Waals surface area (Å²) in [6, 6.07) is 5.78. The first-order valence-corrected chi connectivity index (χ1v) is 12.7. The second-order valence-electron chi connectivity index (χ2n) is 8.58. The summed E-state index contributed by atoms with van der Waals surface area (Å²) in [7, 11) is -2.45. The van der Waals surface area contributed by atoms with Crippen LogP contribution in [0.25, 0.3) is 0 Å². The third-order valence-electron chi connectivity index (χ3n) is 6.35. The van der Waals surface area contributed by atoms with Gasteiger partial charge in [0.05, 0.1) is 69.2 Å². The second-order valence-corrected chi connectivity index (χ2v) is 10.5. The fraction of sp³-hybridized carbons (Fsp3) is 0.682. The SMILES string of the molecule is COc1cccc(S(=O)(=O)N2C[C@@H](O)COC[C@H]3O[C@H](CC(=O)N4CCOCC4)CC[C@@H]32)c1. The summed E-state index contributed by atoms with van der Waals surface area (Å²) >= 11 is 0. The Morgan fingerprint density at radius 1 is 1.18 bits per heavy atom. The summed E-state index contributed by atoms with van der Waals surface area (Å²) in [6.07, 6.45) is -0.506. The van der Waals surface area contributed by atoms with Crippen molar-refractivity contribution in [3.63, 3.8) is 0 Å². The van der Waals surface area contributed by atoms with Gasteiger partial charge in [-0.05, 0) is 25.0 Å². The van der Waals surface area contributed by atoms with E-state index in [1.807, 2.05) is 0 Å². The summed E-state index contributed by atoms with van der Waals surface area (Å²) in [6.45, 7) is 2.28. The number of rotatable bonds is 5. The van der Waals surface area contributed by atoms with Gasteiger partial charge in [0.2, 0.25) is 15.9 Å². The van der Waals surface area contributed by atoms with Crippen molar-refractivity contribution in [3.05, 3.63) is 24.3 Å². The van der Waals surface area contributed by atoms with E-state index >= 15 is 0 Å². The first kappa shape index (κ1) is 24.4. The lowest BCUT2D eigenvalue weighted by molar-refractivity contribution is -0.153. The number of carbonyl (C=O) groups excluding carboxylic acids is 1. The van der Waals surface area contributed by atoms with E-state index in [1.54, 1.807) is 17.0 Å². The summed E-state index contributed by atoms with van der Waals surface area (Å²) in [5.74, 6) is 0.454. The molecule has 1 N–H and O–H groups in total. The summed E-state index contributed by atoms with van der Waals surface area (Å²) < 4.78 is 50.8. The molecule has 1 aromatic carbocycles. The molecule has 10 nitrogen and oxygen atoms in total. The van der Waals surface area contributed by atoms with Crippen molar-refractivity contribution in [2.45, 2.75) is 48.5 Å². The molecule has 4 atom stereocenters. The maximum absolute atomic E-state index is 13.6. The van der Waals surface area contributed by atoms with Crippen molar-refractivity contribution in [3.8, 4) is 5.75 Å². The van der Waals surface area contributed by atoms with Crippen LogP contribution in [0.1, 0.15) is 19.3 Å². The van der Waals surface area contributed by atoms with Crippen LogP contribution in [0.2, 0.25) is 0 Å². The van der Waals surface area contributed by atoms with Gasteiger partial charge < -0.3 is 29.0 Å². The van der Waals surface area contributed by atoms with Crippen LogP contribution in [0.5, 0.6) is 5.75 Å². The predicted molar refractivity (Wildman–Crippen MR) is 117 cm³/mol. The number of amides is 1. The molecular formula is C22H32N2O8S. The van der Waals surface area contributed by atoms with Gasteiger partial charge in [-0.1, -0.05) is 6.07 Å². The number of nitrogens with zero attached hydrogens (tertiary/aromatic N) is 2. The van der Waals surface area contributed by atoms with Crippen molar-refractivity contribution in [2.75, 3.05) is 53.2 Å². The maximum atomic E-state index is 13.6. The first-order valence-electron chi connectivity index (χ1n) is 11.3. The monoisotopic (exact) mass is 484 g/mol. The molecule has 184 valence electrons. The topological polar surface area (TPSA) is 115 Å². The third-order valence-corrected chi connectivity index (χ3v) is 8.23. The average molecular weight is 485 g/mol. The largest absolute Gasteiger partial charge is 0.497 e. The highest BCUT2D eigenvalue weighted by Gasteiger charge is 2.43. The molecule has 0 aliphatic carbocycles. The van der Waals surface area contributed by atoms with Gasteiger partial charge in [0.25, 0.3) is 0 Å². The standard InChI is InChI=1S/C22H32N2O8S/c1-29-17-3-2-4-19(11-17)33(27,28)24-13-16(25)14-31-15-21-20(24)6-5-18(32-21)12-22(26)23-7-9-30-10-8-23/h2-4,11,16,18,20-21,25H,5-10,12-15H2,1H3/t16-,18+,20+,21-/m1/s1. The number of benzene rings is 1. The van der Waals surface area contributed by atoms with Crippen LogP contribution >= 0.6 is 0 Å². The highest BCUT2D eigenvalue weighted by atomic mass is 32.2. The Morgan fingerprint density at radius 2 is 1.97 bits per heavy atom. The Hall–Kier alpha value is -1.76. The van der Waals surface area contributed by atoms with Crippen molar-refractivity contribution in [2.24, 2.45) is 0 Å². The highest BCUT2D eigenvalue weighted by molar-refractivity contribution is 7.89. The van der Waals surface area contributed by atoms with Crippen LogP contribution in [-0.4, -0.2) is 106 Å². The maximum Gasteiger partial charge on any atom is 0.243 e. The van der Waals surface area contributed by atoms with E-state index in [0.29, 0.717) is 44.9 Å². The second kappa shape index (κ2) is 10.7. The number of aliphatic hydroxyl groups excluding tert-OH is 1. The van der Waals surface area contributed by atoms with E-state index in [4.69, 9.17) is 18.9 Å². The summed E-state index contributed by atoms with van der Waals surface area (Å²) in [5, 5.41) is 10.3. The van der Waals surface area contributed by atoms with E-state index in [0.717, 1.165) is 0 Å². The average Bonchev–Trinajstić information content (AvgIpc) is 2.82. The molecule has 0 bridgehead atoms. The number of carbonyl (C=O) groups is 1. The van der Waals surface area contributed by atoms with E-state index in [-0.39, 0.29) is 43.1 Å². The minimum atomic E-state index is -3.93. The molecule has 0 saturated carbocycles. The molecule has 0 unspecified atom stereocenters. The smallest absolute Gasteiger partial charge is 0.243 e. The van der Waals surface area contributed by atoms with Gasteiger partial charge in [-0.2, -0.15) is 4.31 Å². The summed E-state index contributed by atoms with van der Waals surface area (Å²) in [5.41, 5.74) is 0. The number of hydrogen-bond donors (Lipinski definition) is 1. The number of sulfonamides is 1. The molecule has 1 aromatic rings. The molecule has 11 heteroatoms. The lowest BCUT2D eigenvalue weighted by atomic mass is 9.96. The van der Waals surface area contributed by atoms with Gasteiger partial charge in [0, 0.05) is 25.7 Å². The zero-order valence-electron chi connectivity index (χ0n) is 18.8. The van der Waals surface area contributed by atoms with E-state index < -0.39 is 28.3 Å². The minimum Gasteiger partial charge on any atom is -0.497 e. The van der Waals surface area contributed by atoms with Crippen molar-refractivity contribution in [1.29, 1.82) is 0 Å². The van der Waals surface area contributed by atoms with Crippen LogP contribution < -0.4 is 4.74 Å². The molecule has 4 rings (SSSR count). The zero-order valence-corrected chi connectivity index (χ0v) is 19.6. The molecule has 1 amide bonds. The Bertz CT molecular complexity index is 921. The number of hydrogen-bond acceptors (Lipinski definition) is 8. The Morgan fingerprint density at radius 3 is 2.73 bits per heavy atom. The Balaban J connectivity index is 1.51. The number of methoxy groups -OCH3 is 1. The Kier molecular flexibility index (Phi) is 7.87. The van der Waals surface area contributed by atoms with Crippen LogP contribution in [0.15, 0.2) is 29.2 Å². The van der Waals surface area contributed by atoms with Crippen molar-refractivity contribution >= 4 is 15.9 Å². The van der Waals surface area contributed by atoms with Crippen molar-refractivity contribution < 1.29 is 37.3 Å². The van der Waals surface area contributed by atoms with Crippen LogP contribution in [-0.2, 0) is 29.0 Å². The number of aliphatic hydroxyl groups is 1. The van der Waals surface area contributed by atoms with E-state index in [1.165, 1.54) is 23.5 Å². The molecule has 33 heavy (non-hydrogen) atoms. The predicted octanol–water partition coefficient (Wildman–Crippen LogP) is 0.242. The van der Waals surface area contributed by atoms with Gasteiger partial charge >= 0.3 is 0 Å². The van der Waals surface area contributed by atoms with E-state index in [9.17, 15) is 18.3 Å². The van der Waals surface area contributed by atoms with E-state index in [2.05, 4.69) is 0 Å². The number of morpholine rings is 1. The quantitative estimate of drug-likeness (QED) is 0.632.